The normalized spacial score (nSPS) is 12.2. The molecule has 1 atom stereocenters. The largest absolute Gasteiger partial charge is 0.494 e. The number of methoxy groups -OCH3 is 1. The van der Waals surface area contributed by atoms with Crippen molar-refractivity contribution in [1.82, 2.24) is 10.4 Å². The second kappa shape index (κ2) is 7.04. The molecular weight excluding hydrogens is 316 g/mol. The van der Waals surface area contributed by atoms with Crippen LogP contribution in [0, 0.1) is 5.82 Å². The molecule has 2 aromatic rings. The van der Waals surface area contributed by atoms with Crippen molar-refractivity contribution in [3.8, 4) is 5.75 Å². The Balaban J connectivity index is 2.24. The minimum absolute atomic E-state index is 0.193. The van der Waals surface area contributed by atoms with Gasteiger partial charge in [-0.15, -0.1) is 0 Å². The number of aromatic nitrogens is 1. The standard InChI is InChI=1S/C14H14Cl2FN3O/c1-21-13-3-2-8(4-11(13)17)5-12(20-18)14-10(16)6-9(15)7-19-14/h2-4,6-7,12,20H,5,18H2,1H3. The van der Waals surface area contributed by atoms with E-state index in [1.165, 1.54) is 19.4 Å². The molecule has 0 amide bonds. The van der Waals surface area contributed by atoms with E-state index in [0.29, 0.717) is 22.2 Å². The zero-order chi connectivity index (χ0) is 15.4. The number of pyridine rings is 1. The zero-order valence-corrected chi connectivity index (χ0v) is 12.7. The lowest BCUT2D eigenvalue weighted by molar-refractivity contribution is 0.386. The van der Waals surface area contributed by atoms with E-state index in [-0.39, 0.29) is 11.8 Å². The first-order valence-corrected chi connectivity index (χ1v) is 6.90. The van der Waals surface area contributed by atoms with Crippen molar-refractivity contribution in [2.45, 2.75) is 12.5 Å². The van der Waals surface area contributed by atoms with Gasteiger partial charge in [0, 0.05) is 6.20 Å². The van der Waals surface area contributed by atoms with Crippen molar-refractivity contribution >= 4 is 23.2 Å². The summed E-state index contributed by atoms with van der Waals surface area (Å²) < 4.78 is 18.6. The van der Waals surface area contributed by atoms with Crippen LogP contribution in [0.25, 0.3) is 0 Å². The van der Waals surface area contributed by atoms with Crippen molar-refractivity contribution in [2.75, 3.05) is 7.11 Å². The Kier molecular flexibility index (Phi) is 5.36. The fourth-order valence-corrected chi connectivity index (χ4v) is 2.50. The number of nitrogens with one attached hydrogen (secondary N) is 1. The zero-order valence-electron chi connectivity index (χ0n) is 11.2. The number of halogens is 3. The van der Waals surface area contributed by atoms with E-state index >= 15 is 0 Å². The fourth-order valence-electron chi connectivity index (χ4n) is 1.99. The first-order chi connectivity index (χ1) is 10.0. The molecule has 1 heterocycles. The predicted molar refractivity (Wildman–Crippen MR) is 81.0 cm³/mol. The average Bonchev–Trinajstić information content (AvgIpc) is 2.45. The molecule has 0 aliphatic carbocycles. The van der Waals surface area contributed by atoms with E-state index in [1.54, 1.807) is 18.2 Å². The molecule has 0 fully saturated rings. The highest BCUT2D eigenvalue weighted by Crippen LogP contribution is 2.27. The minimum atomic E-state index is -0.430. The summed E-state index contributed by atoms with van der Waals surface area (Å²) >= 11 is 11.9. The third-order valence-corrected chi connectivity index (χ3v) is 3.53. The topological polar surface area (TPSA) is 60.2 Å². The van der Waals surface area contributed by atoms with Crippen LogP contribution in [0.3, 0.4) is 0 Å². The summed E-state index contributed by atoms with van der Waals surface area (Å²) in [5.41, 5.74) is 3.93. The van der Waals surface area contributed by atoms with Gasteiger partial charge >= 0.3 is 0 Å². The van der Waals surface area contributed by atoms with E-state index in [0.717, 1.165) is 5.56 Å². The second-order valence-electron chi connectivity index (χ2n) is 4.41. The van der Waals surface area contributed by atoms with Crippen LogP contribution in [-0.4, -0.2) is 12.1 Å². The molecule has 3 N–H and O–H groups in total. The van der Waals surface area contributed by atoms with Gasteiger partial charge in [-0.1, -0.05) is 29.3 Å². The highest BCUT2D eigenvalue weighted by Gasteiger charge is 2.17. The van der Waals surface area contributed by atoms with Crippen LogP contribution in [0.2, 0.25) is 10.0 Å². The summed E-state index contributed by atoms with van der Waals surface area (Å²) in [4.78, 5) is 4.18. The quantitative estimate of drug-likeness (QED) is 0.652. The Hall–Kier alpha value is -1.40. The molecule has 0 radical (unpaired) electrons. The second-order valence-corrected chi connectivity index (χ2v) is 5.26. The van der Waals surface area contributed by atoms with Crippen LogP contribution >= 0.6 is 23.2 Å². The number of hydrogen-bond acceptors (Lipinski definition) is 4. The van der Waals surface area contributed by atoms with Gasteiger partial charge in [-0.05, 0) is 30.2 Å². The Morgan fingerprint density at radius 3 is 2.71 bits per heavy atom. The molecule has 0 saturated heterocycles. The maximum atomic E-state index is 13.7. The summed E-state index contributed by atoms with van der Waals surface area (Å²) in [6, 6.07) is 5.95. The predicted octanol–water partition coefficient (Wildman–Crippen LogP) is 3.28. The number of nitrogens with two attached hydrogens (primary N) is 1. The number of rotatable bonds is 5. The summed E-state index contributed by atoms with van der Waals surface area (Å²) in [5, 5.41) is 0.842. The summed E-state index contributed by atoms with van der Waals surface area (Å²) in [6.45, 7) is 0. The third-order valence-electron chi connectivity index (χ3n) is 3.02. The number of hydrogen-bond donors (Lipinski definition) is 2. The van der Waals surface area contributed by atoms with Gasteiger partial charge < -0.3 is 4.74 Å². The molecular formula is C14H14Cl2FN3O. The van der Waals surface area contributed by atoms with E-state index in [1.807, 2.05) is 0 Å². The first-order valence-electron chi connectivity index (χ1n) is 6.14. The lowest BCUT2D eigenvalue weighted by Crippen LogP contribution is -2.30. The van der Waals surface area contributed by atoms with Crippen LogP contribution < -0.4 is 16.0 Å². The Morgan fingerprint density at radius 1 is 1.38 bits per heavy atom. The highest BCUT2D eigenvalue weighted by molar-refractivity contribution is 6.34. The van der Waals surface area contributed by atoms with E-state index in [2.05, 4.69) is 10.4 Å². The van der Waals surface area contributed by atoms with Crippen molar-refractivity contribution in [3.63, 3.8) is 0 Å². The van der Waals surface area contributed by atoms with Crippen LogP contribution in [0.4, 0.5) is 4.39 Å². The molecule has 0 saturated carbocycles. The number of hydrazine groups is 1. The summed E-state index contributed by atoms with van der Waals surface area (Å²) in [6.07, 6.45) is 1.91. The Labute approximate surface area is 132 Å². The van der Waals surface area contributed by atoms with Crippen LogP contribution in [0.15, 0.2) is 30.5 Å². The SMILES string of the molecule is COc1ccc(CC(NN)c2ncc(Cl)cc2Cl)cc1F. The molecule has 7 heteroatoms. The monoisotopic (exact) mass is 329 g/mol. The van der Waals surface area contributed by atoms with Gasteiger partial charge in [-0.2, -0.15) is 0 Å². The Bertz CT molecular complexity index is 640. The number of benzene rings is 1. The van der Waals surface area contributed by atoms with E-state index in [9.17, 15) is 4.39 Å². The lowest BCUT2D eigenvalue weighted by atomic mass is 10.0. The molecule has 1 unspecified atom stereocenters. The van der Waals surface area contributed by atoms with Gasteiger partial charge in [-0.3, -0.25) is 16.3 Å². The van der Waals surface area contributed by atoms with E-state index < -0.39 is 5.82 Å². The number of ether oxygens (including phenoxy) is 1. The van der Waals surface area contributed by atoms with Gasteiger partial charge in [0.2, 0.25) is 0 Å². The molecule has 4 nitrogen and oxygen atoms in total. The van der Waals surface area contributed by atoms with Gasteiger partial charge in [0.05, 0.1) is 28.9 Å². The van der Waals surface area contributed by atoms with Crippen LogP contribution in [0.5, 0.6) is 5.75 Å². The highest BCUT2D eigenvalue weighted by atomic mass is 35.5. The number of nitrogens with zero attached hydrogens (tertiary/aromatic N) is 1. The molecule has 1 aromatic carbocycles. The Morgan fingerprint density at radius 2 is 2.14 bits per heavy atom. The maximum absolute atomic E-state index is 13.7. The van der Waals surface area contributed by atoms with Crippen LogP contribution in [0.1, 0.15) is 17.3 Å². The van der Waals surface area contributed by atoms with Gasteiger partial charge in [0.1, 0.15) is 0 Å². The van der Waals surface area contributed by atoms with Crippen LogP contribution in [-0.2, 0) is 6.42 Å². The van der Waals surface area contributed by atoms with Gasteiger partial charge in [0.15, 0.2) is 11.6 Å². The molecule has 1 aromatic heterocycles. The fraction of sp³-hybridized carbons (Fsp3) is 0.214. The molecule has 0 aliphatic rings. The first kappa shape index (κ1) is 16.0. The molecule has 2 rings (SSSR count). The summed E-state index contributed by atoms with van der Waals surface area (Å²) in [7, 11) is 1.42. The lowest BCUT2D eigenvalue weighted by Gasteiger charge is -2.17. The molecule has 21 heavy (non-hydrogen) atoms. The smallest absolute Gasteiger partial charge is 0.165 e. The van der Waals surface area contributed by atoms with Gasteiger partial charge in [0.25, 0.3) is 0 Å². The molecule has 0 aliphatic heterocycles. The molecule has 0 bridgehead atoms. The van der Waals surface area contributed by atoms with Crippen molar-refractivity contribution in [2.24, 2.45) is 5.84 Å². The molecule has 0 spiro atoms. The minimum Gasteiger partial charge on any atom is -0.494 e. The summed E-state index contributed by atoms with van der Waals surface area (Å²) in [5.74, 6) is 5.32. The van der Waals surface area contributed by atoms with Crippen molar-refractivity contribution in [1.29, 1.82) is 0 Å². The average molecular weight is 330 g/mol. The van der Waals surface area contributed by atoms with E-state index in [4.69, 9.17) is 33.8 Å². The van der Waals surface area contributed by atoms with Gasteiger partial charge in [-0.25, -0.2) is 4.39 Å². The maximum Gasteiger partial charge on any atom is 0.165 e. The van der Waals surface area contributed by atoms with Crippen molar-refractivity contribution < 1.29 is 9.13 Å². The molecule has 112 valence electrons. The van der Waals surface area contributed by atoms with Crippen molar-refractivity contribution in [3.05, 3.63) is 57.6 Å². The third kappa shape index (κ3) is 3.83.